The van der Waals surface area contributed by atoms with E-state index in [1.54, 1.807) is 0 Å². The van der Waals surface area contributed by atoms with Gasteiger partial charge in [-0.3, -0.25) is 4.79 Å². The summed E-state index contributed by atoms with van der Waals surface area (Å²) >= 11 is 3.27. The lowest BCUT2D eigenvalue weighted by atomic mass is 9.81. The first-order chi connectivity index (χ1) is 6.81. The van der Waals surface area contributed by atoms with Gasteiger partial charge in [-0.25, -0.2) is 0 Å². The van der Waals surface area contributed by atoms with Crippen molar-refractivity contribution in [1.29, 1.82) is 0 Å². The van der Waals surface area contributed by atoms with Gasteiger partial charge in [0.15, 0.2) is 0 Å². The number of hydrogen-bond acceptors (Lipinski definition) is 3. The number of esters is 1. The Hall–Kier alpha value is -0.0900. The Morgan fingerprint density at radius 3 is 2.40 bits per heavy atom. The number of nitrogens with one attached hydrogen (secondary N) is 1. The van der Waals surface area contributed by atoms with Crippen LogP contribution in [-0.4, -0.2) is 31.0 Å². The van der Waals surface area contributed by atoms with Gasteiger partial charge in [0.05, 0.1) is 7.11 Å². The van der Waals surface area contributed by atoms with Crippen LogP contribution in [0.4, 0.5) is 0 Å². The molecule has 0 radical (unpaired) electrons. The molecular weight excluding hydrogens is 258 g/mol. The monoisotopic (exact) mass is 279 g/mol. The Bertz CT molecular complexity index is 205. The van der Waals surface area contributed by atoms with Gasteiger partial charge in [-0.15, -0.1) is 0 Å². The minimum Gasteiger partial charge on any atom is -0.468 e. The van der Waals surface area contributed by atoms with E-state index in [0.29, 0.717) is 12.5 Å². The molecule has 0 fully saturated rings. The molecule has 0 saturated heterocycles. The summed E-state index contributed by atoms with van der Waals surface area (Å²) in [5.41, 5.74) is 0.239. The summed E-state index contributed by atoms with van der Waals surface area (Å²) in [4.78, 5) is 10.8. The van der Waals surface area contributed by atoms with E-state index >= 15 is 0 Å². The van der Waals surface area contributed by atoms with E-state index in [-0.39, 0.29) is 16.2 Å². The topological polar surface area (TPSA) is 38.3 Å². The summed E-state index contributed by atoms with van der Waals surface area (Å²) in [5.74, 6) is 0.377. The second-order valence-electron chi connectivity index (χ2n) is 4.76. The summed E-state index contributed by atoms with van der Waals surface area (Å²) < 4.78 is 4.62. The number of carbonyl (C=O) groups excluding carboxylic acids is 1. The molecule has 1 unspecified atom stereocenters. The first-order valence-corrected chi connectivity index (χ1v) is 6.15. The van der Waals surface area contributed by atoms with Crippen molar-refractivity contribution >= 4 is 21.9 Å². The van der Waals surface area contributed by atoms with Gasteiger partial charge in [-0.05, 0) is 11.3 Å². The van der Waals surface area contributed by atoms with Crippen LogP contribution in [0, 0.1) is 11.3 Å². The minimum atomic E-state index is -0.259. The van der Waals surface area contributed by atoms with Gasteiger partial charge >= 0.3 is 5.97 Å². The number of hydrogen-bond donors (Lipinski definition) is 1. The molecule has 0 aliphatic rings. The van der Waals surface area contributed by atoms with E-state index in [1.165, 1.54) is 7.11 Å². The van der Waals surface area contributed by atoms with Gasteiger partial charge in [0.1, 0.15) is 4.83 Å². The molecule has 1 atom stereocenters. The van der Waals surface area contributed by atoms with Crippen molar-refractivity contribution in [3.8, 4) is 0 Å². The molecular formula is C11H22BrNO2. The predicted molar refractivity (Wildman–Crippen MR) is 66.2 cm³/mol. The number of methoxy groups -OCH3 is 1. The Morgan fingerprint density at radius 1 is 1.47 bits per heavy atom. The van der Waals surface area contributed by atoms with E-state index in [4.69, 9.17) is 0 Å². The normalized spacial score (nSPS) is 14.1. The second kappa shape index (κ2) is 6.48. The van der Waals surface area contributed by atoms with Crippen LogP contribution < -0.4 is 5.32 Å². The molecule has 1 N–H and O–H groups in total. The first kappa shape index (κ1) is 14.9. The Balaban J connectivity index is 3.84. The zero-order valence-electron chi connectivity index (χ0n) is 10.3. The van der Waals surface area contributed by atoms with Gasteiger partial charge in [-0.2, -0.15) is 0 Å². The van der Waals surface area contributed by atoms with Crippen LogP contribution in [0.1, 0.15) is 27.7 Å². The van der Waals surface area contributed by atoms with Crippen LogP contribution in [0.25, 0.3) is 0 Å². The molecule has 0 aromatic carbocycles. The van der Waals surface area contributed by atoms with E-state index in [2.05, 4.69) is 53.7 Å². The molecule has 0 aliphatic carbocycles. The molecule has 4 heteroatoms. The second-order valence-corrected chi connectivity index (χ2v) is 5.87. The summed E-state index contributed by atoms with van der Waals surface area (Å²) in [6.45, 7) is 10.3. The number of alkyl halides is 1. The molecule has 0 aromatic heterocycles. The highest BCUT2D eigenvalue weighted by molar-refractivity contribution is 9.10. The maximum Gasteiger partial charge on any atom is 0.320 e. The van der Waals surface area contributed by atoms with Crippen LogP contribution in [0.2, 0.25) is 0 Å². The predicted octanol–water partition coefficient (Wildman–Crippen LogP) is 2.19. The third-order valence-corrected chi connectivity index (χ3v) is 3.62. The standard InChI is InChI=1S/C11H22BrNO2/c1-8(2)11(3,4)7-13-6-9(12)10(14)15-5/h8-9,13H,6-7H2,1-5H3. The van der Waals surface area contributed by atoms with Gasteiger partial charge in [0.25, 0.3) is 0 Å². The summed E-state index contributed by atoms with van der Waals surface area (Å²) in [5, 5.41) is 3.27. The molecule has 15 heavy (non-hydrogen) atoms. The fraction of sp³-hybridized carbons (Fsp3) is 0.909. The smallest absolute Gasteiger partial charge is 0.320 e. The molecule has 0 aromatic rings. The first-order valence-electron chi connectivity index (χ1n) is 5.24. The number of ether oxygens (including phenoxy) is 1. The van der Waals surface area contributed by atoms with Crippen molar-refractivity contribution in [2.75, 3.05) is 20.2 Å². The Labute approximate surface area is 101 Å². The van der Waals surface area contributed by atoms with E-state index < -0.39 is 0 Å². The summed E-state index contributed by atoms with van der Waals surface area (Å²) in [7, 11) is 1.40. The van der Waals surface area contributed by atoms with E-state index in [0.717, 1.165) is 6.54 Å². The maximum absolute atomic E-state index is 11.1. The maximum atomic E-state index is 11.1. The zero-order valence-corrected chi connectivity index (χ0v) is 11.8. The highest BCUT2D eigenvalue weighted by Gasteiger charge is 2.23. The lowest BCUT2D eigenvalue weighted by Gasteiger charge is -2.29. The summed E-state index contributed by atoms with van der Waals surface area (Å²) in [6, 6.07) is 0. The SMILES string of the molecule is COC(=O)C(Br)CNCC(C)(C)C(C)C. The van der Waals surface area contributed by atoms with Gasteiger partial charge < -0.3 is 10.1 Å². The van der Waals surface area contributed by atoms with Crippen molar-refractivity contribution < 1.29 is 9.53 Å². The van der Waals surface area contributed by atoms with E-state index in [1.807, 2.05) is 0 Å². The average Bonchev–Trinajstić information content (AvgIpc) is 2.15. The fourth-order valence-electron chi connectivity index (χ4n) is 0.936. The highest BCUT2D eigenvalue weighted by Crippen LogP contribution is 2.24. The van der Waals surface area contributed by atoms with Crippen LogP contribution in [0.3, 0.4) is 0 Å². The van der Waals surface area contributed by atoms with Crippen LogP contribution in [0.5, 0.6) is 0 Å². The van der Waals surface area contributed by atoms with Crippen molar-refractivity contribution in [3.63, 3.8) is 0 Å². The lowest BCUT2D eigenvalue weighted by molar-refractivity contribution is -0.139. The number of halogens is 1. The van der Waals surface area contributed by atoms with Gasteiger partial charge in [-0.1, -0.05) is 43.6 Å². The Morgan fingerprint density at radius 2 is 2.00 bits per heavy atom. The minimum absolute atomic E-state index is 0.232. The number of rotatable bonds is 6. The molecule has 0 bridgehead atoms. The largest absolute Gasteiger partial charge is 0.468 e. The van der Waals surface area contributed by atoms with Crippen LogP contribution in [0.15, 0.2) is 0 Å². The molecule has 0 saturated carbocycles. The lowest BCUT2D eigenvalue weighted by Crippen LogP contribution is -2.38. The van der Waals surface area contributed by atoms with Crippen molar-refractivity contribution in [2.45, 2.75) is 32.5 Å². The molecule has 90 valence electrons. The third-order valence-electron chi connectivity index (χ3n) is 2.92. The van der Waals surface area contributed by atoms with Crippen LogP contribution >= 0.6 is 15.9 Å². The van der Waals surface area contributed by atoms with Crippen LogP contribution in [-0.2, 0) is 9.53 Å². The molecule has 0 spiro atoms. The average molecular weight is 280 g/mol. The summed E-state index contributed by atoms with van der Waals surface area (Å²) in [6.07, 6.45) is 0. The van der Waals surface area contributed by atoms with Crippen molar-refractivity contribution in [2.24, 2.45) is 11.3 Å². The molecule has 0 amide bonds. The molecule has 0 heterocycles. The van der Waals surface area contributed by atoms with E-state index in [9.17, 15) is 4.79 Å². The molecule has 0 aliphatic heterocycles. The fourth-order valence-corrected chi connectivity index (χ4v) is 1.35. The Kier molecular flexibility index (Phi) is 6.44. The van der Waals surface area contributed by atoms with Gasteiger partial charge in [0, 0.05) is 13.1 Å². The van der Waals surface area contributed by atoms with Gasteiger partial charge in [0.2, 0.25) is 0 Å². The number of carbonyl (C=O) groups is 1. The third kappa shape index (κ3) is 5.52. The van der Waals surface area contributed by atoms with Crippen molar-refractivity contribution in [3.05, 3.63) is 0 Å². The van der Waals surface area contributed by atoms with Crippen molar-refractivity contribution in [1.82, 2.24) is 5.32 Å². The zero-order chi connectivity index (χ0) is 12.1. The molecule has 0 rings (SSSR count). The molecule has 3 nitrogen and oxygen atoms in total. The highest BCUT2D eigenvalue weighted by atomic mass is 79.9. The quantitative estimate of drug-likeness (QED) is 0.599.